The van der Waals surface area contributed by atoms with E-state index >= 15 is 0 Å². The zero-order valence-corrected chi connectivity index (χ0v) is 31.3. The Kier molecular flexibility index (Phi) is 7.88. The second kappa shape index (κ2) is 12.2. The Labute approximate surface area is 309 Å². The van der Waals surface area contributed by atoms with Crippen molar-refractivity contribution in [3.05, 3.63) is 161 Å². The summed E-state index contributed by atoms with van der Waals surface area (Å²) in [5.41, 5.74) is 10.4. The van der Waals surface area contributed by atoms with E-state index in [4.69, 9.17) is 6.35 Å². The molecule has 0 fully saturated rings. The van der Waals surface area contributed by atoms with Crippen LogP contribution in [0, 0.1) is 6.07 Å². The van der Waals surface area contributed by atoms with Crippen molar-refractivity contribution in [1.29, 1.82) is 0 Å². The summed E-state index contributed by atoms with van der Waals surface area (Å²) in [5, 5.41) is 19.9. The molecule has 0 aliphatic heterocycles. The Morgan fingerprint density at radius 3 is 2.02 bits per heavy atom. The van der Waals surface area contributed by atoms with Gasteiger partial charge in [-0.25, -0.2) is 0 Å². The van der Waals surface area contributed by atoms with Gasteiger partial charge < -0.3 is 9.51 Å². The zero-order chi connectivity index (χ0) is 35.0. The number of hydrogen-bond acceptors (Lipinski definition) is 4. The van der Waals surface area contributed by atoms with E-state index in [1.165, 1.54) is 11.1 Å². The summed E-state index contributed by atoms with van der Waals surface area (Å²) in [6.45, 7) is 13.5. The van der Waals surface area contributed by atoms with Gasteiger partial charge in [0.25, 0.3) is 0 Å². The van der Waals surface area contributed by atoms with E-state index in [1.54, 1.807) is 12.1 Å². The van der Waals surface area contributed by atoms with Crippen LogP contribution in [0.1, 0.15) is 76.4 Å². The first-order valence-electron chi connectivity index (χ1n) is 17.3. The van der Waals surface area contributed by atoms with Crippen LogP contribution in [0.3, 0.4) is 0 Å². The van der Waals surface area contributed by atoms with Gasteiger partial charge in [-0.15, -0.1) is 40.5 Å². The van der Waals surface area contributed by atoms with Crippen LogP contribution in [0.2, 0.25) is 0 Å². The molecule has 7 aromatic rings. The summed E-state index contributed by atoms with van der Waals surface area (Å²) in [6, 6.07) is 41.1. The maximum atomic E-state index is 10.9. The molecule has 5 nitrogen and oxygen atoms in total. The van der Waals surface area contributed by atoms with Crippen LogP contribution >= 0.6 is 0 Å². The average molecular weight is 836 g/mol. The van der Waals surface area contributed by atoms with E-state index in [9.17, 15) is 5.11 Å². The van der Waals surface area contributed by atoms with Crippen LogP contribution < -0.4 is 0 Å². The number of pyridine rings is 2. The number of rotatable bonds is 4. The Balaban J connectivity index is 0.00000406. The number of phenols is 1. The Morgan fingerprint density at radius 2 is 1.36 bits per heavy atom. The number of para-hydroxylation sites is 1. The van der Waals surface area contributed by atoms with Crippen molar-refractivity contribution < 1.29 is 27.5 Å². The largest absolute Gasteiger partial charge is 0.507 e. The Bertz CT molecular complexity index is 2390. The van der Waals surface area contributed by atoms with Gasteiger partial charge in [-0.1, -0.05) is 102 Å². The van der Waals surface area contributed by atoms with Gasteiger partial charge in [-0.3, -0.25) is 4.98 Å². The molecule has 0 spiro atoms. The second-order valence-corrected chi connectivity index (χ2v) is 15.0. The van der Waals surface area contributed by atoms with Gasteiger partial charge in [0.15, 0.2) is 5.65 Å². The van der Waals surface area contributed by atoms with Crippen LogP contribution in [-0.4, -0.2) is 24.7 Å². The molecule has 0 atom stereocenters. The number of benzene rings is 4. The van der Waals surface area contributed by atoms with Gasteiger partial charge in [-0.2, -0.15) is 5.10 Å². The van der Waals surface area contributed by atoms with Gasteiger partial charge in [-0.05, 0) is 80.6 Å². The minimum absolute atomic E-state index is 0. The van der Waals surface area contributed by atoms with Crippen molar-refractivity contribution >= 4 is 5.65 Å². The van der Waals surface area contributed by atoms with Crippen LogP contribution in [0.5, 0.6) is 5.75 Å². The Morgan fingerprint density at radius 1 is 0.700 bits per heavy atom. The first-order valence-corrected chi connectivity index (χ1v) is 16.8. The van der Waals surface area contributed by atoms with Crippen LogP contribution in [0.25, 0.3) is 39.4 Å². The molecule has 3 aromatic heterocycles. The average Bonchev–Trinajstić information content (AvgIpc) is 3.66. The van der Waals surface area contributed by atoms with Crippen molar-refractivity contribution in [2.75, 3.05) is 0 Å². The predicted octanol–water partition coefficient (Wildman–Crippen LogP) is 9.92. The van der Waals surface area contributed by atoms with Crippen molar-refractivity contribution in [3.8, 4) is 39.5 Å². The summed E-state index contributed by atoms with van der Waals surface area (Å²) in [4.78, 5) is 5.43. The first kappa shape index (κ1) is 32.3. The fraction of sp³-hybridized carbons (Fsp3) is 0.205. The van der Waals surface area contributed by atoms with E-state index in [0.717, 1.165) is 39.1 Å². The van der Waals surface area contributed by atoms with Crippen LogP contribution in [-0.2, 0) is 37.3 Å². The fourth-order valence-electron chi connectivity index (χ4n) is 7.23. The molecule has 3 heterocycles. The number of phenolic OH excluding ortho intramolecular Hbond substituents is 1. The Hall–Kier alpha value is -4.86. The van der Waals surface area contributed by atoms with E-state index in [-0.39, 0.29) is 37.6 Å². The minimum atomic E-state index is -0.870. The van der Waals surface area contributed by atoms with Crippen molar-refractivity contribution in [2.24, 2.45) is 0 Å². The zero-order valence-electron chi connectivity index (χ0n) is 30.0. The normalized spacial score (nSPS) is 13.8. The van der Waals surface area contributed by atoms with Crippen molar-refractivity contribution in [1.82, 2.24) is 19.6 Å². The maximum absolute atomic E-state index is 10.9. The third-order valence-electron chi connectivity index (χ3n) is 9.86. The molecule has 4 aromatic carbocycles. The van der Waals surface area contributed by atoms with Gasteiger partial charge in [0.2, 0.25) is 0 Å². The number of fused-ring (bicyclic) bond motifs is 4. The molecule has 252 valence electrons. The number of aromatic hydroxyl groups is 1. The third kappa shape index (κ3) is 5.31. The maximum Gasteiger partial charge on any atom is 0.151 e. The quantitative estimate of drug-likeness (QED) is 0.180. The van der Waals surface area contributed by atoms with Crippen LogP contribution in [0.4, 0.5) is 0 Å². The standard InChI is InChI=1S/C44H39N4O.Pt/c1-42(2,3)29-20-22-32-33-23-21-30(43(4,5)6)27-36(33)44(35(32)26-29,39-18-12-16-37(45-39)34-15-7-8-17-38(34)49)31-14-11-13-28(25-31)41-47-46-40-19-9-10-24-48(40)41;/h7-24,26-27,49H,1-6H3;/q-1;/i19D;. The molecule has 50 heavy (non-hydrogen) atoms. The summed E-state index contributed by atoms with van der Waals surface area (Å²) in [6.07, 6.45) is 1.89. The van der Waals surface area contributed by atoms with E-state index in [0.29, 0.717) is 28.8 Å². The minimum Gasteiger partial charge on any atom is -0.507 e. The third-order valence-corrected chi connectivity index (χ3v) is 9.86. The van der Waals surface area contributed by atoms with Gasteiger partial charge in [0.1, 0.15) is 5.75 Å². The molecule has 1 aliphatic rings. The molecule has 0 radical (unpaired) electrons. The summed E-state index contributed by atoms with van der Waals surface area (Å²) in [5.74, 6) is 0.803. The number of hydrogen-bond donors (Lipinski definition) is 1. The molecule has 0 saturated carbocycles. The van der Waals surface area contributed by atoms with Crippen LogP contribution in [0.15, 0.2) is 121 Å². The van der Waals surface area contributed by atoms with Crippen molar-refractivity contribution in [3.63, 3.8) is 0 Å². The molecule has 0 saturated heterocycles. The molecule has 6 heteroatoms. The molecule has 0 bridgehead atoms. The molecular formula is C44H39N4OPt-. The molecule has 0 unspecified atom stereocenters. The smallest absolute Gasteiger partial charge is 0.151 e. The van der Waals surface area contributed by atoms with E-state index in [2.05, 4.69) is 112 Å². The molecular weight excluding hydrogens is 796 g/mol. The fourth-order valence-corrected chi connectivity index (χ4v) is 7.23. The molecule has 1 aliphatic carbocycles. The molecule has 8 rings (SSSR count). The van der Waals surface area contributed by atoms with E-state index in [1.807, 2.05) is 53.1 Å². The molecule has 1 N–H and O–H groups in total. The SMILES string of the molecule is [2H]c1cccn2c(-c3[c-]c(C4(c5cccc(-c6ccccc6O)n5)c5cc(C(C)(C)C)ccc5-c5ccc(C(C)(C)C)cc54)ccc3)nnc12.[Pt]. The summed E-state index contributed by atoms with van der Waals surface area (Å²) >= 11 is 0. The number of nitrogens with zero attached hydrogens (tertiary/aromatic N) is 4. The second-order valence-electron chi connectivity index (χ2n) is 15.0. The molecule has 0 amide bonds. The topological polar surface area (TPSA) is 63.3 Å². The van der Waals surface area contributed by atoms with E-state index < -0.39 is 5.41 Å². The van der Waals surface area contributed by atoms with Gasteiger partial charge in [0, 0.05) is 32.8 Å². The summed E-state index contributed by atoms with van der Waals surface area (Å²) < 4.78 is 10.3. The monoisotopic (exact) mass is 835 g/mol. The van der Waals surface area contributed by atoms with Crippen molar-refractivity contribution in [2.45, 2.75) is 57.8 Å². The number of aromatic nitrogens is 4. The first-order chi connectivity index (χ1) is 23.9. The van der Waals surface area contributed by atoms with Gasteiger partial charge in [0.05, 0.1) is 24.0 Å². The predicted molar refractivity (Wildman–Crippen MR) is 197 cm³/mol. The summed E-state index contributed by atoms with van der Waals surface area (Å²) in [7, 11) is 0. The van der Waals surface area contributed by atoms with Gasteiger partial charge >= 0.3 is 0 Å².